The Morgan fingerprint density at radius 3 is 2.73 bits per heavy atom. The number of aromatic nitrogens is 3. The van der Waals surface area contributed by atoms with E-state index in [4.69, 9.17) is 0 Å². The Labute approximate surface area is 153 Å². The molecule has 3 N–H and O–H groups in total. The Balaban J connectivity index is 1.77. The van der Waals surface area contributed by atoms with Crippen molar-refractivity contribution in [3.8, 4) is 6.07 Å². The standard InChI is InChI=1S/C18H17N5O2S/c1-9-6-10(2)20-17(13(9)8-19)26-11(3)16(24)21-12-4-5-14-15(7-12)23-18(25)22-14/h4-7,11H,1-3H3,(H,21,24)(H2,22,23,25). The van der Waals surface area contributed by atoms with Crippen LogP contribution in [0, 0.1) is 25.2 Å². The monoisotopic (exact) mass is 367 g/mol. The number of nitrogens with zero attached hydrogens (tertiary/aromatic N) is 2. The second-order valence-corrected chi connectivity index (χ2v) is 7.29. The molecule has 0 radical (unpaired) electrons. The number of hydrogen-bond acceptors (Lipinski definition) is 5. The number of H-pyrrole nitrogens is 2. The van der Waals surface area contributed by atoms with Crippen LogP contribution in [0.15, 0.2) is 34.1 Å². The number of fused-ring (bicyclic) bond motifs is 1. The Bertz CT molecular complexity index is 1090. The number of aromatic amines is 2. The fourth-order valence-corrected chi connectivity index (χ4v) is 3.62. The zero-order valence-electron chi connectivity index (χ0n) is 14.5. The molecule has 1 atom stereocenters. The first-order valence-electron chi connectivity index (χ1n) is 7.95. The van der Waals surface area contributed by atoms with Gasteiger partial charge in [0.25, 0.3) is 0 Å². The van der Waals surface area contributed by atoms with Gasteiger partial charge in [-0.05, 0) is 50.6 Å². The van der Waals surface area contributed by atoms with Gasteiger partial charge in [-0.15, -0.1) is 0 Å². The Morgan fingerprint density at radius 2 is 2.00 bits per heavy atom. The molecular formula is C18H17N5O2S. The largest absolute Gasteiger partial charge is 0.325 e. The molecule has 7 nitrogen and oxygen atoms in total. The van der Waals surface area contributed by atoms with E-state index in [1.54, 1.807) is 25.1 Å². The number of nitrogens with one attached hydrogen (secondary N) is 3. The first-order chi connectivity index (χ1) is 12.4. The van der Waals surface area contributed by atoms with Crippen LogP contribution in [0.4, 0.5) is 5.69 Å². The minimum absolute atomic E-state index is 0.211. The molecule has 132 valence electrons. The molecule has 0 aliphatic carbocycles. The molecule has 26 heavy (non-hydrogen) atoms. The lowest BCUT2D eigenvalue weighted by Crippen LogP contribution is -2.22. The number of hydrogen-bond donors (Lipinski definition) is 3. The lowest BCUT2D eigenvalue weighted by Gasteiger charge is -2.13. The van der Waals surface area contributed by atoms with Crippen LogP contribution in [0.3, 0.4) is 0 Å². The summed E-state index contributed by atoms with van der Waals surface area (Å²) in [6.45, 7) is 5.47. The molecule has 0 aliphatic heterocycles. The highest BCUT2D eigenvalue weighted by atomic mass is 32.2. The van der Waals surface area contributed by atoms with Gasteiger partial charge in [0.1, 0.15) is 11.1 Å². The second-order valence-electron chi connectivity index (χ2n) is 5.96. The van der Waals surface area contributed by atoms with E-state index < -0.39 is 5.25 Å². The maximum absolute atomic E-state index is 12.5. The Kier molecular flexibility index (Phi) is 4.82. The Morgan fingerprint density at radius 1 is 1.27 bits per heavy atom. The molecular weight excluding hydrogens is 350 g/mol. The third kappa shape index (κ3) is 3.63. The predicted octanol–water partition coefficient (Wildman–Crippen LogP) is 2.86. The highest BCUT2D eigenvalue weighted by Crippen LogP contribution is 2.28. The molecule has 8 heteroatoms. The van der Waals surface area contributed by atoms with Gasteiger partial charge in [-0.3, -0.25) is 4.79 Å². The molecule has 0 spiro atoms. The van der Waals surface area contributed by atoms with Crippen molar-refractivity contribution >= 4 is 34.4 Å². The molecule has 3 rings (SSSR count). The second kappa shape index (κ2) is 7.06. The van der Waals surface area contributed by atoms with Crippen molar-refractivity contribution in [1.29, 1.82) is 5.26 Å². The summed E-state index contributed by atoms with van der Waals surface area (Å²) >= 11 is 1.25. The summed E-state index contributed by atoms with van der Waals surface area (Å²) < 4.78 is 0. The van der Waals surface area contributed by atoms with Crippen molar-refractivity contribution in [2.45, 2.75) is 31.0 Å². The van der Waals surface area contributed by atoms with Crippen LogP contribution in [0.2, 0.25) is 0 Å². The van der Waals surface area contributed by atoms with Crippen LogP contribution in [-0.4, -0.2) is 26.1 Å². The molecule has 2 heterocycles. The number of pyridine rings is 1. The molecule has 2 aromatic heterocycles. The number of nitriles is 1. The fraction of sp³-hybridized carbons (Fsp3) is 0.222. The molecule has 0 fully saturated rings. The number of amides is 1. The number of carbonyl (C=O) groups excluding carboxylic acids is 1. The van der Waals surface area contributed by atoms with Crippen LogP contribution in [-0.2, 0) is 4.79 Å². The van der Waals surface area contributed by atoms with Crippen LogP contribution in [0.1, 0.15) is 23.7 Å². The summed E-state index contributed by atoms with van der Waals surface area (Å²) in [5.41, 5.74) is 3.72. The lowest BCUT2D eigenvalue weighted by molar-refractivity contribution is -0.115. The van der Waals surface area contributed by atoms with Gasteiger partial charge in [0.15, 0.2) is 0 Å². The van der Waals surface area contributed by atoms with Crippen molar-refractivity contribution in [2.24, 2.45) is 0 Å². The number of rotatable bonds is 4. The van der Waals surface area contributed by atoms with E-state index in [0.717, 1.165) is 11.3 Å². The van der Waals surface area contributed by atoms with E-state index in [1.807, 2.05) is 19.9 Å². The van der Waals surface area contributed by atoms with Crippen molar-refractivity contribution in [1.82, 2.24) is 15.0 Å². The fourth-order valence-electron chi connectivity index (χ4n) is 2.60. The summed E-state index contributed by atoms with van der Waals surface area (Å²) in [6.07, 6.45) is 0. The number of carbonyl (C=O) groups is 1. The zero-order chi connectivity index (χ0) is 18.8. The first-order valence-corrected chi connectivity index (χ1v) is 8.83. The topological polar surface area (TPSA) is 114 Å². The third-order valence-corrected chi connectivity index (χ3v) is 4.95. The lowest BCUT2D eigenvalue weighted by atomic mass is 10.1. The highest BCUT2D eigenvalue weighted by molar-refractivity contribution is 8.00. The van der Waals surface area contributed by atoms with Crippen molar-refractivity contribution in [3.63, 3.8) is 0 Å². The van der Waals surface area contributed by atoms with Crippen molar-refractivity contribution in [3.05, 3.63) is 51.6 Å². The maximum Gasteiger partial charge on any atom is 0.323 e. The van der Waals surface area contributed by atoms with Crippen molar-refractivity contribution < 1.29 is 4.79 Å². The van der Waals surface area contributed by atoms with Gasteiger partial charge < -0.3 is 15.3 Å². The number of benzene rings is 1. The molecule has 1 aromatic carbocycles. The van der Waals surface area contributed by atoms with E-state index in [9.17, 15) is 14.9 Å². The molecule has 0 saturated heterocycles. The SMILES string of the molecule is Cc1cc(C)c(C#N)c(SC(C)C(=O)Nc2ccc3[nH]c(=O)[nH]c3c2)n1. The summed E-state index contributed by atoms with van der Waals surface area (Å²) in [6, 6.07) is 9.14. The molecule has 1 unspecified atom stereocenters. The molecule has 0 saturated carbocycles. The van der Waals surface area contributed by atoms with Crippen LogP contribution in [0.25, 0.3) is 11.0 Å². The predicted molar refractivity (Wildman–Crippen MR) is 101 cm³/mol. The van der Waals surface area contributed by atoms with Gasteiger partial charge in [0, 0.05) is 11.4 Å². The van der Waals surface area contributed by atoms with E-state index in [1.165, 1.54) is 11.8 Å². The number of imidazole rings is 1. The highest BCUT2D eigenvalue weighted by Gasteiger charge is 2.19. The van der Waals surface area contributed by atoms with Crippen molar-refractivity contribution in [2.75, 3.05) is 5.32 Å². The summed E-state index contributed by atoms with van der Waals surface area (Å²) in [5.74, 6) is -0.211. The van der Waals surface area contributed by atoms with E-state index >= 15 is 0 Å². The van der Waals surface area contributed by atoms with Crippen LogP contribution in [0.5, 0.6) is 0 Å². The summed E-state index contributed by atoms with van der Waals surface area (Å²) in [4.78, 5) is 33.5. The number of aryl methyl sites for hydroxylation is 2. The normalized spacial score (nSPS) is 11.9. The molecule has 3 aromatic rings. The van der Waals surface area contributed by atoms with E-state index in [2.05, 4.69) is 26.3 Å². The quantitative estimate of drug-likeness (QED) is 0.614. The van der Waals surface area contributed by atoms with Gasteiger partial charge in [0.2, 0.25) is 5.91 Å². The minimum atomic E-state index is -0.447. The maximum atomic E-state index is 12.5. The third-order valence-electron chi connectivity index (χ3n) is 3.86. The first kappa shape index (κ1) is 17.8. The van der Waals surface area contributed by atoms with Gasteiger partial charge >= 0.3 is 5.69 Å². The summed E-state index contributed by atoms with van der Waals surface area (Å²) in [5, 5.41) is 12.3. The van der Waals surface area contributed by atoms with Gasteiger partial charge in [0.05, 0.1) is 21.8 Å². The smallest absolute Gasteiger partial charge is 0.323 e. The van der Waals surface area contributed by atoms with Crippen LogP contribution >= 0.6 is 11.8 Å². The van der Waals surface area contributed by atoms with Crippen LogP contribution < -0.4 is 11.0 Å². The van der Waals surface area contributed by atoms with Gasteiger partial charge in [-0.25, -0.2) is 9.78 Å². The van der Waals surface area contributed by atoms with E-state index in [-0.39, 0.29) is 11.6 Å². The Hall–Kier alpha value is -3.05. The van der Waals surface area contributed by atoms with Gasteiger partial charge in [-0.1, -0.05) is 11.8 Å². The molecule has 0 bridgehead atoms. The minimum Gasteiger partial charge on any atom is -0.325 e. The number of thioether (sulfide) groups is 1. The number of anilines is 1. The average Bonchev–Trinajstić information content (AvgIpc) is 2.93. The van der Waals surface area contributed by atoms with Gasteiger partial charge in [-0.2, -0.15) is 5.26 Å². The zero-order valence-corrected chi connectivity index (χ0v) is 15.3. The summed E-state index contributed by atoms with van der Waals surface area (Å²) in [7, 11) is 0. The van der Waals surface area contributed by atoms with E-state index in [0.29, 0.717) is 27.3 Å². The average molecular weight is 367 g/mol. The molecule has 1 amide bonds. The molecule has 0 aliphatic rings.